The highest BCUT2D eigenvalue weighted by atomic mass is 32.2. The van der Waals surface area contributed by atoms with E-state index in [0.29, 0.717) is 30.9 Å². The number of aromatic amines is 1. The van der Waals surface area contributed by atoms with Gasteiger partial charge in [0.1, 0.15) is 4.90 Å². The molecule has 3 heterocycles. The maximum Gasteiger partial charge on any atom is 0.246 e. The Labute approximate surface area is 149 Å². The fourth-order valence-corrected chi connectivity index (χ4v) is 5.67. The molecule has 2 aliphatic rings. The normalized spacial score (nSPS) is 26.0. The predicted molar refractivity (Wildman–Crippen MR) is 93.6 cm³/mol. The summed E-state index contributed by atoms with van der Waals surface area (Å²) < 4.78 is 27.5. The molecule has 0 aromatic carbocycles. The summed E-state index contributed by atoms with van der Waals surface area (Å²) >= 11 is 0. The molecule has 140 valence electrons. The lowest BCUT2D eigenvalue weighted by atomic mass is 9.97. The second-order valence-electron chi connectivity index (χ2n) is 7.05. The van der Waals surface area contributed by atoms with Gasteiger partial charge in [0.2, 0.25) is 15.9 Å². The summed E-state index contributed by atoms with van der Waals surface area (Å²) in [6, 6.07) is 0.145. The van der Waals surface area contributed by atoms with Crippen LogP contribution in [0.15, 0.2) is 4.90 Å². The molecule has 9 heteroatoms. The van der Waals surface area contributed by atoms with Crippen molar-refractivity contribution < 1.29 is 13.2 Å². The van der Waals surface area contributed by atoms with Gasteiger partial charge in [0.15, 0.2) is 0 Å². The standard InChI is InChI=1S/C16H27N5O3S/c1-11-9-17-6-8-21(11)16(22)14-5-4-7-20(10-14)25(23,24)15-12(2)18-19-13(15)3/h11,14,17H,4-10H2,1-3H3,(H,18,19)/t11-,14?/m1/s1. The molecule has 2 aliphatic heterocycles. The fraction of sp³-hybridized carbons (Fsp3) is 0.750. The largest absolute Gasteiger partial charge is 0.337 e. The number of carbonyl (C=O) groups excluding carboxylic acids is 1. The zero-order valence-corrected chi connectivity index (χ0v) is 15.9. The molecule has 3 rings (SSSR count). The van der Waals surface area contributed by atoms with Gasteiger partial charge in [0, 0.05) is 38.8 Å². The van der Waals surface area contributed by atoms with E-state index in [9.17, 15) is 13.2 Å². The summed E-state index contributed by atoms with van der Waals surface area (Å²) in [7, 11) is -3.63. The van der Waals surface area contributed by atoms with Crippen LogP contribution in [-0.2, 0) is 14.8 Å². The van der Waals surface area contributed by atoms with Crippen molar-refractivity contribution in [3.63, 3.8) is 0 Å². The number of nitrogens with one attached hydrogen (secondary N) is 2. The van der Waals surface area contributed by atoms with Crippen molar-refractivity contribution in [2.75, 3.05) is 32.7 Å². The zero-order valence-electron chi connectivity index (χ0n) is 15.1. The number of carbonyl (C=O) groups is 1. The summed E-state index contributed by atoms with van der Waals surface area (Å²) in [5, 5.41) is 10.0. The van der Waals surface area contributed by atoms with E-state index in [-0.39, 0.29) is 29.3 Å². The van der Waals surface area contributed by atoms with E-state index in [1.165, 1.54) is 4.31 Å². The number of piperazine rings is 1. The van der Waals surface area contributed by atoms with Crippen molar-refractivity contribution in [1.29, 1.82) is 0 Å². The third kappa shape index (κ3) is 3.45. The Hall–Kier alpha value is -1.45. The lowest BCUT2D eigenvalue weighted by molar-refractivity contribution is -0.139. The smallest absolute Gasteiger partial charge is 0.246 e. The second kappa shape index (κ2) is 7.05. The first-order valence-electron chi connectivity index (χ1n) is 8.85. The van der Waals surface area contributed by atoms with Crippen molar-refractivity contribution in [2.24, 2.45) is 5.92 Å². The van der Waals surface area contributed by atoms with Crippen LogP contribution >= 0.6 is 0 Å². The number of rotatable bonds is 3. The molecule has 0 spiro atoms. The van der Waals surface area contributed by atoms with Crippen molar-refractivity contribution in [3.05, 3.63) is 11.4 Å². The Morgan fingerprint density at radius 1 is 1.28 bits per heavy atom. The summed E-state index contributed by atoms with van der Waals surface area (Å²) in [6.07, 6.45) is 1.44. The van der Waals surface area contributed by atoms with Gasteiger partial charge in [-0.1, -0.05) is 0 Å². The van der Waals surface area contributed by atoms with Gasteiger partial charge in [0.05, 0.1) is 17.3 Å². The summed E-state index contributed by atoms with van der Waals surface area (Å²) in [5.74, 6) is -0.189. The van der Waals surface area contributed by atoms with E-state index in [1.54, 1.807) is 13.8 Å². The van der Waals surface area contributed by atoms with Crippen LogP contribution in [0.25, 0.3) is 0 Å². The van der Waals surface area contributed by atoms with Crippen molar-refractivity contribution in [3.8, 4) is 0 Å². The first-order chi connectivity index (χ1) is 11.8. The van der Waals surface area contributed by atoms with E-state index in [2.05, 4.69) is 15.5 Å². The van der Waals surface area contributed by atoms with Gasteiger partial charge in [-0.3, -0.25) is 9.89 Å². The highest BCUT2D eigenvalue weighted by Gasteiger charge is 2.38. The van der Waals surface area contributed by atoms with Gasteiger partial charge in [-0.15, -0.1) is 0 Å². The Morgan fingerprint density at radius 2 is 2.04 bits per heavy atom. The number of hydrogen-bond donors (Lipinski definition) is 2. The molecule has 2 N–H and O–H groups in total. The molecule has 1 unspecified atom stereocenters. The number of piperidine rings is 1. The third-order valence-electron chi connectivity index (χ3n) is 5.18. The average Bonchev–Trinajstić information content (AvgIpc) is 2.94. The molecule has 0 aliphatic carbocycles. The van der Waals surface area contributed by atoms with Crippen LogP contribution in [0, 0.1) is 19.8 Å². The number of H-pyrrole nitrogens is 1. The Balaban J connectivity index is 1.78. The molecule has 2 atom stereocenters. The summed E-state index contributed by atoms with van der Waals surface area (Å²) in [4.78, 5) is 15.1. The van der Waals surface area contributed by atoms with E-state index < -0.39 is 10.0 Å². The Kier molecular flexibility index (Phi) is 5.17. The van der Waals surface area contributed by atoms with Crippen LogP contribution in [0.4, 0.5) is 0 Å². The highest BCUT2D eigenvalue weighted by Crippen LogP contribution is 2.28. The van der Waals surface area contributed by atoms with E-state index in [4.69, 9.17) is 0 Å². The molecule has 1 amide bonds. The van der Waals surface area contributed by atoms with E-state index in [1.807, 2.05) is 11.8 Å². The number of hydrogen-bond acceptors (Lipinski definition) is 5. The molecule has 1 aromatic heterocycles. The SMILES string of the molecule is Cc1n[nH]c(C)c1S(=O)(=O)N1CCCC(C(=O)N2CCNC[C@H]2C)C1. The van der Waals surface area contributed by atoms with Gasteiger partial charge in [-0.05, 0) is 33.6 Å². The molecule has 2 fully saturated rings. The van der Waals surface area contributed by atoms with Crippen molar-refractivity contribution in [1.82, 2.24) is 24.7 Å². The molecule has 8 nitrogen and oxygen atoms in total. The maximum absolute atomic E-state index is 13.0. The Bertz CT molecular complexity index is 725. The third-order valence-corrected chi connectivity index (χ3v) is 7.31. The lowest BCUT2D eigenvalue weighted by Crippen LogP contribution is -2.55. The highest BCUT2D eigenvalue weighted by molar-refractivity contribution is 7.89. The zero-order chi connectivity index (χ0) is 18.2. The summed E-state index contributed by atoms with van der Waals surface area (Å²) in [6.45, 7) is 8.39. The quantitative estimate of drug-likeness (QED) is 0.796. The molecule has 1 aromatic rings. The van der Waals surface area contributed by atoms with Gasteiger partial charge in [0.25, 0.3) is 0 Å². The fourth-order valence-electron chi connectivity index (χ4n) is 3.82. The van der Waals surface area contributed by atoms with Crippen LogP contribution in [0.3, 0.4) is 0 Å². The molecule has 0 saturated carbocycles. The number of nitrogens with zero attached hydrogens (tertiary/aromatic N) is 3. The topological polar surface area (TPSA) is 98.4 Å². The minimum absolute atomic E-state index is 0.0783. The molecular formula is C16H27N5O3S. The number of sulfonamides is 1. The summed E-state index contributed by atoms with van der Waals surface area (Å²) in [5.41, 5.74) is 1.02. The first-order valence-corrected chi connectivity index (χ1v) is 10.3. The number of aromatic nitrogens is 2. The molecule has 25 heavy (non-hydrogen) atoms. The first kappa shape index (κ1) is 18.3. The molecule has 2 saturated heterocycles. The Morgan fingerprint density at radius 3 is 2.68 bits per heavy atom. The lowest BCUT2D eigenvalue weighted by Gasteiger charge is -2.39. The van der Waals surface area contributed by atoms with Gasteiger partial charge in [-0.25, -0.2) is 8.42 Å². The van der Waals surface area contributed by atoms with Gasteiger partial charge >= 0.3 is 0 Å². The average molecular weight is 369 g/mol. The van der Waals surface area contributed by atoms with Gasteiger partial charge < -0.3 is 10.2 Å². The van der Waals surface area contributed by atoms with Crippen LogP contribution in [0.5, 0.6) is 0 Å². The maximum atomic E-state index is 13.0. The van der Waals surface area contributed by atoms with Gasteiger partial charge in [-0.2, -0.15) is 9.40 Å². The van der Waals surface area contributed by atoms with Crippen molar-refractivity contribution in [2.45, 2.75) is 44.6 Å². The van der Waals surface area contributed by atoms with Crippen LogP contribution in [-0.4, -0.2) is 72.5 Å². The molecule has 0 bridgehead atoms. The number of amides is 1. The van der Waals surface area contributed by atoms with Crippen molar-refractivity contribution >= 4 is 15.9 Å². The minimum Gasteiger partial charge on any atom is -0.337 e. The van der Waals surface area contributed by atoms with E-state index in [0.717, 1.165) is 19.5 Å². The second-order valence-corrected chi connectivity index (χ2v) is 8.92. The van der Waals surface area contributed by atoms with Crippen LogP contribution < -0.4 is 5.32 Å². The monoisotopic (exact) mass is 369 g/mol. The van der Waals surface area contributed by atoms with E-state index >= 15 is 0 Å². The number of aryl methyl sites for hydroxylation is 2. The molecular weight excluding hydrogens is 342 g/mol. The minimum atomic E-state index is -3.63. The van der Waals surface area contributed by atoms with Crippen LogP contribution in [0.1, 0.15) is 31.2 Å². The molecule has 0 radical (unpaired) electrons. The predicted octanol–water partition coefficient (Wildman–Crippen LogP) is 0.248. The van der Waals surface area contributed by atoms with Crippen LogP contribution in [0.2, 0.25) is 0 Å².